The first-order chi connectivity index (χ1) is 14.5. The van der Waals surface area contributed by atoms with Gasteiger partial charge < -0.3 is 20.7 Å². The topological polar surface area (TPSA) is 109 Å². The summed E-state index contributed by atoms with van der Waals surface area (Å²) in [5, 5.41) is 15.0. The zero-order valence-electron chi connectivity index (χ0n) is 16.8. The molecule has 3 aromatic rings. The molecule has 154 valence electrons. The molecule has 1 amide bonds. The first kappa shape index (κ1) is 19.7. The van der Waals surface area contributed by atoms with Crippen LogP contribution in [0.2, 0.25) is 0 Å². The van der Waals surface area contributed by atoms with Crippen LogP contribution in [0.1, 0.15) is 21.7 Å². The third-order valence-corrected chi connectivity index (χ3v) is 4.97. The van der Waals surface area contributed by atoms with Crippen molar-refractivity contribution in [3.63, 3.8) is 0 Å². The number of benzene rings is 2. The quantitative estimate of drug-likeness (QED) is 0.447. The van der Waals surface area contributed by atoms with E-state index in [1.54, 1.807) is 28.9 Å². The molecule has 2 heterocycles. The van der Waals surface area contributed by atoms with Crippen molar-refractivity contribution in [2.24, 2.45) is 5.73 Å². The fourth-order valence-electron chi connectivity index (χ4n) is 3.44. The second-order valence-electron chi connectivity index (χ2n) is 7.15. The van der Waals surface area contributed by atoms with Crippen molar-refractivity contribution in [3.05, 3.63) is 71.5 Å². The van der Waals surface area contributed by atoms with E-state index >= 15 is 0 Å². The van der Waals surface area contributed by atoms with Gasteiger partial charge in [0.1, 0.15) is 11.5 Å². The Balaban J connectivity index is 1.54. The molecule has 2 aromatic carbocycles. The molecular formula is C22H24N6O2. The van der Waals surface area contributed by atoms with E-state index in [0.717, 1.165) is 37.7 Å². The van der Waals surface area contributed by atoms with E-state index in [0.29, 0.717) is 22.6 Å². The smallest absolute Gasteiger partial charge is 0.274 e. The average molecular weight is 404 g/mol. The van der Waals surface area contributed by atoms with Crippen molar-refractivity contribution in [3.8, 4) is 5.69 Å². The molecule has 1 fully saturated rings. The maximum Gasteiger partial charge on any atom is 0.274 e. The van der Waals surface area contributed by atoms with Crippen molar-refractivity contribution in [2.75, 3.05) is 36.5 Å². The number of amidine groups is 1. The van der Waals surface area contributed by atoms with Crippen molar-refractivity contribution in [1.29, 1.82) is 5.41 Å². The molecule has 0 bridgehead atoms. The van der Waals surface area contributed by atoms with Gasteiger partial charge in [-0.1, -0.05) is 12.1 Å². The van der Waals surface area contributed by atoms with Gasteiger partial charge in [-0.2, -0.15) is 5.10 Å². The molecule has 1 aliphatic rings. The number of nitrogens with zero attached hydrogens (tertiary/aromatic N) is 3. The second-order valence-corrected chi connectivity index (χ2v) is 7.15. The zero-order valence-corrected chi connectivity index (χ0v) is 16.8. The van der Waals surface area contributed by atoms with E-state index in [4.69, 9.17) is 15.9 Å². The Kier molecular flexibility index (Phi) is 5.49. The zero-order chi connectivity index (χ0) is 21.1. The molecule has 8 heteroatoms. The Bertz CT molecular complexity index is 1070. The van der Waals surface area contributed by atoms with Gasteiger partial charge in [0.05, 0.1) is 24.6 Å². The number of nitrogens with one attached hydrogen (secondary N) is 2. The summed E-state index contributed by atoms with van der Waals surface area (Å²) >= 11 is 0. The number of nitrogens with two attached hydrogens (primary N) is 1. The molecule has 8 nitrogen and oxygen atoms in total. The van der Waals surface area contributed by atoms with E-state index < -0.39 is 0 Å². The summed E-state index contributed by atoms with van der Waals surface area (Å²) < 4.78 is 6.96. The van der Waals surface area contributed by atoms with Crippen LogP contribution in [0.3, 0.4) is 0 Å². The number of anilines is 2. The minimum absolute atomic E-state index is 0.0351. The molecule has 1 aromatic heterocycles. The number of hydrogen-bond acceptors (Lipinski definition) is 5. The summed E-state index contributed by atoms with van der Waals surface area (Å²) in [4.78, 5) is 15.2. The number of aromatic nitrogens is 2. The van der Waals surface area contributed by atoms with Gasteiger partial charge in [-0.15, -0.1) is 0 Å². The molecule has 0 aliphatic carbocycles. The van der Waals surface area contributed by atoms with Gasteiger partial charge in [0.15, 0.2) is 0 Å². The first-order valence-electron chi connectivity index (χ1n) is 9.77. The number of carbonyl (C=O) groups is 1. The summed E-state index contributed by atoms with van der Waals surface area (Å²) in [6, 6.07) is 16.6. The molecule has 0 spiro atoms. The van der Waals surface area contributed by atoms with E-state index in [1.165, 1.54) is 0 Å². The third kappa shape index (κ3) is 4.18. The van der Waals surface area contributed by atoms with Crippen molar-refractivity contribution in [2.45, 2.75) is 6.92 Å². The van der Waals surface area contributed by atoms with Crippen LogP contribution in [0.25, 0.3) is 5.69 Å². The van der Waals surface area contributed by atoms with E-state index in [1.807, 2.05) is 37.3 Å². The van der Waals surface area contributed by atoms with Crippen molar-refractivity contribution in [1.82, 2.24) is 9.78 Å². The fraction of sp³-hybridized carbons (Fsp3) is 0.227. The van der Waals surface area contributed by atoms with Gasteiger partial charge in [0.25, 0.3) is 5.91 Å². The lowest BCUT2D eigenvalue weighted by Gasteiger charge is -2.28. The predicted octanol–water partition coefficient (Wildman–Crippen LogP) is 2.55. The average Bonchev–Trinajstić information content (AvgIpc) is 3.17. The lowest BCUT2D eigenvalue weighted by molar-refractivity contribution is 0.101. The summed E-state index contributed by atoms with van der Waals surface area (Å²) in [6.07, 6.45) is 0. The number of aryl methyl sites for hydroxylation is 1. The van der Waals surface area contributed by atoms with Gasteiger partial charge in [0, 0.05) is 30.0 Å². The summed E-state index contributed by atoms with van der Waals surface area (Å²) in [6.45, 7) is 5.02. The number of hydrogen-bond donors (Lipinski definition) is 3. The highest BCUT2D eigenvalue weighted by atomic mass is 16.5. The van der Waals surface area contributed by atoms with Crippen LogP contribution < -0.4 is 16.0 Å². The standard InChI is InChI=1S/C22H24N6O2/c1-15-13-20(28(26-15)19-4-2-3-16(14-19)21(23)24)22(29)25-17-5-7-18(8-6-17)27-9-11-30-12-10-27/h2-8,13-14H,9-12H2,1H3,(H3,23,24)(H,25,29). The Morgan fingerprint density at radius 2 is 1.83 bits per heavy atom. The van der Waals surface area contributed by atoms with Gasteiger partial charge in [-0.3, -0.25) is 10.2 Å². The van der Waals surface area contributed by atoms with Gasteiger partial charge in [-0.05, 0) is 49.4 Å². The number of carbonyl (C=O) groups excluding carboxylic acids is 1. The molecule has 0 unspecified atom stereocenters. The summed E-state index contributed by atoms with van der Waals surface area (Å²) in [5.41, 5.74) is 9.78. The highest BCUT2D eigenvalue weighted by Gasteiger charge is 2.17. The van der Waals surface area contributed by atoms with Crippen LogP contribution in [-0.4, -0.2) is 47.8 Å². The molecule has 0 radical (unpaired) electrons. The van der Waals surface area contributed by atoms with E-state index in [2.05, 4.69) is 15.3 Å². The lowest BCUT2D eigenvalue weighted by Crippen LogP contribution is -2.36. The minimum Gasteiger partial charge on any atom is -0.384 e. The number of morpholine rings is 1. The molecule has 1 aliphatic heterocycles. The van der Waals surface area contributed by atoms with Gasteiger partial charge >= 0.3 is 0 Å². The highest BCUT2D eigenvalue weighted by Crippen LogP contribution is 2.20. The van der Waals surface area contributed by atoms with Gasteiger partial charge in [-0.25, -0.2) is 4.68 Å². The van der Waals surface area contributed by atoms with E-state index in [9.17, 15) is 4.79 Å². The van der Waals surface area contributed by atoms with Crippen LogP contribution >= 0.6 is 0 Å². The number of nitrogen functional groups attached to an aromatic ring is 1. The van der Waals surface area contributed by atoms with Crippen LogP contribution in [0.4, 0.5) is 11.4 Å². The molecular weight excluding hydrogens is 380 g/mol. The number of ether oxygens (including phenoxy) is 1. The summed E-state index contributed by atoms with van der Waals surface area (Å²) in [5.74, 6) is -0.296. The Morgan fingerprint density at radius 3 is 2.53 bits per heavy atom. The van der Waals surface area contributed by atoms with E-state index in [-0.39, 0.29) is 11.7 Å². The Labute approximate surface area is 174 Å². The number of rotatable bonds is 5. The minimum atomic E-state index is -0.261. The Morgan fingerprint density at radius 1 is 1.10 bits per heavy atom. The second kappa shape index (κ2) is 8.38. The highest BCUT2D eigenvalue weighted by molar-refractivity contribution is 6.03. The fourth-order valence-corrected chi connectivity index (χ4v) is 3.44. The molecule has 4 N–H and O–H groups in total. The molecule has 30 heavy (non-hydrogen) atoms. The third-order valence-electron chi connectivity index (χ3n) is 4.97. The van der Waals surface area contributed by atoms with Crippen LogP contribution in [0, 0.1) is 12.3 Å². The van der Waals surface area contributed by atoms with Crippen LogP contribution in [0.5, 0.6) is 0 Å². The molecule has 1 saturated heterocycles. The molecule has 0 atom stereocenters. The molecule has 4 rings (SSSR count). The van der Waals surface area contributed by atoms with Crippen molar-refractivity contribution >= 4 is 23.1 Å². The monoisotopic (exact) mass is 404 g/mol. The Hall–Kier alpha value is -3.65. The maximum absolute atomic E-state index is 13.0. The predicted molar refractivity (Wildman–Crippen MR) is 117 cm³/mol. The number of amides is 1. The largest absolute Gasteiger partial charge is 0.384 e. The van der Waals surface area contributed by atoms with Gasteiger partial charge in [0.2, 0.25) is 0 Å². The first-order valence-corrected chi connectivity index (χ1v) is 9.77. The van der Waals surface area contributed by atoms with Crippen LogP contribution in [-0.2, 0) is 4.74 Å². The maximum atomic E-state index is 13.0. The van der Waals surface area contributed by atoms with Crippen LogP contribution in [0.15, 0.2) is 54.6 Å². The summed E-state index contributed by atoms with van der Waals surface area (Å²) in [7, 11) is 0. The SMILES string of the molecule is Cc1cc(C(=O)Nc2ccc(N3CCOCC3)cc2)n(-c2cccc(C(=N)N)c2)n1. The normalized spacial score (nSPS) is 13.8. The lowest BCUT2D eigenvalue weighted by atomic mass is 10.2. The van der Waals surface area contributed by atoms with Crippen molar-refractivity contribution < 1.29 is 9.53 Å². The molecule has 0 saturated carbocycles.